The molecule has 1 aromatic rings. The molecule has 0 aromatic heterocycles. The van der Waals surface area contributed by atoms with Crippen LogP contribution in [0.2, 0.25) is 0 Å². The molecule has 0 heterocycles. The highest BCUT2D eigenvalue weighted by molar-refractivity contribution is 5.76. The number of benzene rings is 1. The Morgan fingerprint density at radius 2 is 1.84 bits per heavy atom. The van der Waals surface area contributed by atoms with Crippen molar-refractivity contribution in [3.63, 3.8) is 0 Å². The highest BCUT2D eigenvalue weighted by Crippen LogP contribution is 2.22. The predicted octanol–water partition coefficient (Wildman–Crippen LogP) is 1.66. The maximum absolute atomic E-state index is 11.4. The monoisotopic (exact) mass is 265 g/mol. The highest BCUT2D eigenvalue weighted by atomic mass is 16.5. The first-order valence-corrected chi connectivity index (χ1v) is 6.18. The van der Waals surface area contributed by atoms with E-state index in [0.29, 0.717) is 0 Å². The number of carboxylic acid groups (broad SMARTS) is 1. The van der Waals surface area contributed by atoms with E-state index in [1.54, 1.807) is 0 Å². The average Bonchev–Trinajstić information content (AvgIpc) is 2.32. The number of rotatable bonds is 7. The zero-order valence-electron chi connectivity index (χ0n) is 11.2. The fourth-order valence-corrected chi connectivity index (χ4v) is 1.67. The topological polar surface area (TPSA) is 75.6 Å². The Balaban J connectivity index is 2.30. The van der Waals surface area contributed by atoms with Crippen LogP contribution in [0.3, 0.4) is 0 Å². The number of carbonyl (C=O) groups excluding carboxylic acids is 1. The van der Waals surface area contributed by atoms with Crippen molar-refractivity contribution < 1.29 is 19.4 Å². The van der Waals surface area contributed by atoms with E-state index in [2.05, 4.69) is 5.32 Å². The molecule has 0 aliphatic heterocycles. The first-order valence-electron chi connectivity index (χ1n) is 6.18. The van der Waals surface area contributed by atoms with Crippen molar-refractivity contribution >= 4 is 11.9 Å². The molecule has 0 saturated heterocycles. The minimum atomic E-state index is -0.924. The van der Waals surface area contributed by atoms with Gasteiger partial charge in [-0.3, -0.25) is 9.59 Å². The van der Waals surface area contributed by atoms with E-state index in [9.17, 15) is 9.59 Å². The van der Waals surface area contributed by atoms with Gasteiger partial charge in [0.25, 0.3) is 0 Å². The van der Waals surface area contributed by atoms with E-state index in [1.165, 1.54) is 0 Å². The lowest BCUT2D eigenvalue weighted by Crippen LogP contribution is -2.27. The van der Waals surface area contributed by atoms with Gasteiger partial charge in [-0.05, 0) is 25.0 Å². The van der Waals surface area contributed by atoms with Crippen LogP contribution >= 0.6 is 0 Å². The number of aryl methyl sites for hydroxylation is 2. The smallest absolute Gasteiger partial charge is 0.305 e. The summed E-state index contributed by atoms with van der Waals surface area (Å²) in [6.45, 7) is 4.34. The summed E-state index contributed by atoms with van der Waals surface area (Å²) >= 11 is 0. The second-order valence-corrected chi connectivity index (χ2v) is 4.31. The minimum absolute atomic E-state index is 0.0660. The van der Waals surface area contributed by atoms with Crippen LogP contribution in [0.15, 0.2) is 18.2 Å². The fraction of sp³-hybridized carbons (Fsp3) is 0.429. The van der Waals surface area contributed by atoms with Crippen molar-refractivity contribution in [2.45, 2.75) is 26.7 Å². The molecule has 1 rings (SSSR count). The molecule has 19 heavy (non-hydrogen) atoms. The number of carboxylic acids is 1. The van der Waals surface area contributed by atoms with Gasteiger partial charge < -0.3 is 15.2 Å². The Kier molecular flexibility index (Phi) is 5.85. The number of para-hydroxylation sites is 1. The largest absolute Gasteiger partial charge is 0.493 e. The van der Waals surface area contributed by atoms with Gasteiger partial charge in [-0.2, -0.15) is 0 Å². The fourth-order valence-electron chi connectivity index (χ4n) is 1.67. The molecular weight excluding hydrogens is 246 g/mol. The van der Waals surface area contributed by atoms with Crippen LogP contribution in [0.4, 0.5) is 0 Å². The molecule has 0 radical (unpaired) electrons. The van der Waals surface area contributed by atoms with Gasteiger partial charge in [0.05, 0.1) is 19.4 Å². The van der Waals surface area contributed by atoms with Gasteiger partial charge >= 0.3 is 5.97 Å². The molecule has 0 bridgehead atoms. The molecule has 1 amide bonds. The molecule has 0 atom stereocenters. The maximum atomic E-state index is 11.4. The predicted molar refractivity (Wildman–Crippen MR) is 71.3 cm³/mol. The van der Waals surface area contributed by atoms with Gasteiger partial charge in [0.15, 0.2) is 0 Å². The number of nitrogens with one attached hydrogen (secondary N) is 1. The number of hydrogen-bond acceptors (Lipinski definition) is 3. The van der Waals surface area contributed by atoms with Gasteiger partial charge in [-0.15, -0.1) is 0 Å². The summed E-state index contributed by atoms with van der Waals surface area (Å²) in [6, 6.07) is 5.86. The van der Waals surface area contributed by atoms with Crippen molar-refractivity contribution in [1.82, 2.24) is 5.32 Å². The van der Waals surface area contributed by atoms with Crippen molar-refractivity contribution in [2.75, 3.05) is 13.2 Å². The Morgan fingerprint density at radius 3 is 2.42 bits per heavy atom. The summed E-state index contributed by atoms with van der Waals surface area (Å²) < 4.78 is 5.59. The average molecular weight is 265 g/mol. The van der Waals surface area contributed by atoms with Gasteiger partial charge in [-0.25, -0.2) is 0 Å². The normalized spacial score (nSPS) is 10.0. The maximum Gasteiger partial charge on any atom is 0.305 e. The van der Waals surface area contributed by atoms with Crippen LogP contribution < -0.4 is 10.1 Å². The molecule has 5 heteroatoms. The van der Waals surface area contributed by atoms with E-state index >= 15 is 0 Å². The van der Waals surface area contributed by atoms with Crippen molar-refractivity contribution in [3.8, 4) is 5.75 Å². The summed E-state index contributed by atoms with van der Waals surface area (Å²) in [6.07, 6.45) is 0.150. The number of hydrogen-bond donors (Lipinski definition) is 2. The summed E-state index contributed by atoms with van der Waals surface area (Å²) in [4.78, 5) is 21.7. The Labute approximate surface area is 112 Å². The zero-order chi connectivity index (χ0) is 14.3. The minimum Gasteiger partial charge on any atom is -0.493 e. The lowest BCUT2D eigenvalue weighted by molar-refractivity contribution is -0.136. The number of carbonyl (C=O) groups is 2. The van der Waals surface area contributed by atoms with Gasteiger partial charge in [0.1, 0.15) is 5.75 Å². The van der Waals surface area contributed by atoms with E-state index in [4.69, 9.17) is 9.84 Å². The summed E-state index contributed by atoms with van der Waals surface area (Å²) in [5, 5.41) is 11.0. The molecule has 2 N–H and O–H groups in total. The summed E-state index contributed by atoms with van der Waals surface area (Å²) in [7, 11) is 0. The molecule has 0 spiro atoms. The van der Waals surface area contributed by atoms with Crippen LogP contribution in [-0.4, -0.2) is 30.1 Å². The quantitative estimate of drug-likeness (QED) is 0.786. The van der Waals surface area contributed by atoms with Crippen LogP contribution in [0.5, 0.6) is 5.75 Å². The third-order valence-electron chi connectivity index (χ3n) is 2.65. The molecule has 0 fully saturated rings. The molecule has 104 valence electrons. The Morgan fingerprint density at radius 1 is 1.21 bits per heavy atom. The van der Waals surface area contributed by atoms with Crippen molar-refractivity contribution in [1.29, 1.82) is 0 Å². The Hall–Kier alpha value is -2.04. The van der Waals surface area contributed by atoms with Gasteiger partial charge in [-0.1, -0.05) is 18.2 Å². The SMILES string of the molecule is Cc1cccc(C)c1OCCC(=O)NCCC(=O)O. The van der Waals surface area contributed by atoms with Gasteiger partial charge in [0, 0.05) is 6.54 Å². The first kappa shape index (κ1) is 15.0. The van der Waals surface area contributed by atoms with Crippen LogP contribution in [0, 0.1) is 13.8 Å². The number of aliphatic carboxylic acids is 1. The first-order chi connectivity index (χ1) is 9.00. The zero-order valence-corrected chi connectivity index (χ0v) is 11.2. The van der Waals surface area contributed by atoms with Gasteiger partial charge in [0.2, 0.25) is 5.91 Å². The Bertz CT molecular complexity index is 437. The molecule has 0 aliphatic carbocycles. The molecule has 0 aliphatic rings. The van der Waals surface area contributed by atoms with E-state index < -0.39 is 5.97 Å². The lowest BCUT2D eigenvalue weighted by Gasteiger charge is -2.11. The van der Waals surface area contributed by atoms with E-state index in [1.807, 2.05) is 32.0 Å². The molecule has 0 saturated carbocycles. The molecule has 1 aromatic carbocycles. The third kappa shape index (κ3) is 5.42. The number of ether oxygens (including phenoxy) is 1. The van der Waals surface area contributed by atoms with Crippen LogP contribution in [0.1, 0.15) is 24.0 Å². The van der Waals surface area contributed by atoms with E-state index in [-0.39, 0.29) is 31.9 Å². The second-order valence-electron chi connectivity index (χ2n) is 4.31. The van der Waals surface area contributed by atoms with Crippen molar-refractivity contribution in [2.24, 2.45) is 0 Å². The molecular formula is C14H19NO4. The summed E-state index contributed by atoms with van der Waals surface area (Å²) in [5.41, 5.74) is 2.07. The van der Waals surface area contributed by atoms with E-state index in [0.717, 1.165) is 16.9 Å². The van der Waals surface area contributed by atoms with Crippen molar-refractivity contribution in [3.05, 3.63) is 29.3 Å². The standard InChI is InChI=1S/C14H19NO4/c1-10-4-3-5-11(2)14(10)19-9-7-12(16)15-8-6-13(17)18/h3-5H,6-9H2,1-2H3,(H,15,16)(H,17,18). The van der Waals surface area contributed by atoms with Crippen LogP contribution in [0.25, 0.3) is 0 Å². The second kappa shape index (κ2) is 7.41. The number of amides is 1. The lowest BCUT2D eigenvalue weighted by atomic mass is 10.1. The molecule has 0 unspecified atom stereocenters. The molecule has 5 nitrogen and oxygen atoms in total. The summed E-state index contributed by atoms with van der Waals surface area (Å²) in [5.74, 6) is -0.319. The highest BCUT2D eigenvalue weighted by Gasteiger charge is 2.06. The third-order valence-corrected chi connectivity index (χ3v) is 2.65. The van der Waals surface area contributed by atoms with Crippen LogP contribution in [-0.2, 0) is 9.59 Å².